The molecule has 1 fully saturated rings. The van der Waals surface area contributed by atoms with Crippen molar-refractivity contribution in [3.8, 4) is 0 Å². The number of hydrogen-bond acceptors (Lipinski definition) is 5. The molecule has 8 nitrogen and oxygen atoms in total. The van der Waals surface area contributed by atoms with Gasteiger partial charge in [0, 0.05) is 12.7 Å². The van der Waals surface area contributed by atoms with Gasteiger partial charge in [0.05, 0.1) is 24.7 Å². The summed E-state index contributed by atoms with van der Waals surface area (Å²) in [6.45, 7) is 3.77. The number of ether oxygens (including phenoxy) is 1. The molecule has 0 aromatic carbocycles. The Balaban J connectivity index is 1.99. The first-order chi connectivity index (χ1) is 11.0. The Morgan fingerprint density at radius 3 is 2.87 bits per heavy atom. The van der Waals surface area contributed by atoms with Crippen LogP contribution in [0.3, 0.4) is 0 Å². The van der Waals surface area contributed by atoms with E-state index in [2.05, 4.69) is 9.97 Å². The number of aryl methyl sites for hydroxylation is 3. The summed E-state index contributed by atoms with van der Waals surface area (Å²) in [7, 11) is 1.87. The molecule has 0 bridgehead atoms. The first-order valence-corrected chi connectivity index (χ1v) is 7.70. The Morgan fingerprint density at radius 1 is 1.39 bits per heavy atom. The molecule has 1 saturated heterocycles. The van der Waals surface area contributed by atoms with Crippen molar-refractivity contribution < 1.29 is 9.84 Å². The van der Waals surface area contributed by atoms with E-state index in [1.807, 2.05) is 30.0 Å². The van der Waals surface area contributed by atoms with E-state index >= 15 is 0 Å². The minimum absolute atomic E-state index is 0.00491. The van der Waals surface area contributed by atoms with Crippen molar-refractivity contribution >= 4 is 16.9 Å². The maximum atomic E-state index is 12.8. The summed E-state index contributed by atoms with van der Waals surface area (Å²) in [6, 6.07) is 0. The van der Waals surface area contributed by atoms with Crippen molar-refractivity contribution in [1.29, 1.82) is 0 Å². The normalized spacial score (nSPS) is 21.7. The van der Waals surface area contributed by atoms with Gasteiger partial charge in [-0.1, -0.05) is 0 Å². The van der Waals surface area contributed by atoms with Crippen LogP contribution >= 0.6 is 0 Å². The molecule has 4 heterocycles. The number of nitrogens with zero attached hydrogens (tertiary/aromatic N) is 5. The van der Waals surface area contributed by atoms with E-state index in [4.69, 9.17) is 4.74 Å². The average Bonchev–Trinajstić information content (AvgIpc) is 3.23. The van der Waals surface area contributed by atoms with Gasteiger partial charge in [-0.15, -0.1) is 0 Å². The third kappa shape index (κ3) is 1.88. The molecular formula is C15H19N5O3. The van der Waals surface area contributed by atoms with Gasteiger partial charge in [-0.2, -0.15) is 0 Å². The molecule has 3 aromatic rings. The van der Waals surface area contributed by atoms with Crippen LogP contribution in [-0.4, -0.2) is 41.3 Å². The van der Waals surface area contributed by atoms with Gasteiger partial charge in [0.25, 0.3) is 5.56 Å². The van der Waals surface area contributed by atoms with Crippen molar-refractivity contribution in [3.05, 3.63) is 28.1 Å². The van der Waals surface area contributed by atoms with Crippen molar-refractivity contribution in [1.82, 2.24) is 23.5 Å². The maximum Gasteiger partial charge on any atom is 0.287 e. The van der Waals surface area contributed by atoms with Crippen LogP contribution < -0.4 is 5.56 Å². The third-order valence-corrected chi connectivity index (χ3v) is 4.72. The molecule has 23 heavy (non-hydrogen) atoms. The zero-order valence-corrected chi connectivity index (χ0v) is 13.4. The predicted octanol–water partition coefficient (Wildman–Crippen LogP) is 0.669. The summed E-state index contributed by atoms with van der Waals surface area (Å²) in [4.78, 5) is 21.6. The Kier molecular flexibility index (Phi) is 3.07. The number of rotatable bonds is 2. The molecule has 2 unspecified atom stereocenters. The summed E-state index contributed by atoms with van der Waals surface area (Å²) < 4.78 is 11.2. The van der Waals surface area contributed by atoms with Crippen LogP contribution in [0.15, 0.2) is 11.1 Å². The van der Waals surface area contributed by atoms with Crippen LogP contribution in [0.1, 0.15) is 30.5 Å². The van der Waals surface area contributed by atoms with E-state index in [1.54, 1.807) is 10.7 Å². The molecule has 0 saturated carbocycles. The highest BCUT2D eigenvalue weighted by molar-refractivity contribution is 5.73. The van der Waals surface area contributed by atoms with E-state index in [0.29, 0.717) is 16.9 Å². The van der Waals surface area contributed by atoms with E-state index in [0.717, 1.165) is 24.2 Å². The van der Waals surface area contributed by atoms with E-state index in [9.17, 15) is 9.90 Å². The number of aromatic nitrogens is 5. The SMILES string of the molecule is Cc1nc2n(C)c3c(ncn3C3CCC(CO)O3)c(=O)n2c1C. The molecule has 0 aliphatic carbocycles. The molecule has 0 radical (unpaired) electrons. The largest absolute Gasteiger partial charge is 0.394 e. The summed E-state index contributed by atoms with van der Waals surface area (Å²) in [5, 5.41) is 9.25. The molecule has 0 amide bonds. The summed E-state index contributed by atoms with van der Waals surface area (Å²) >= 11 is 0. The first-order valence-electron chi connectivity index (χ1n) is 7.70. The summed E-state index contributed by atoms with van der Waals surface area (Å²) in [6.07, 6.45) is 2.83. The lowest BCUT2D eigenvalue weighted by molar-refractivity contribution is -0.0208. The molecule has 8 heteroatoms. The minimum Gasteiger partial charge on any atom is -0.394 e. The standard InChI is InChI=1S/C15H19N5O3/c1-8-9(2)20-14(22)12-13(18(3)15(20)17-8)19(7-16-12)11-5-4-10(6-21)23-11/h7,10-11,21H,4-6H2,1-3H3. The highest BCUT2D eigenvalue weighted by atomic mass is 16.5. The monoisotopic (exact) mass is 317 g/mol. The highest BCUT2D eigenvalue weighted by Gasteiger charge is 2.28. The van der Waals surface area contributed by atoms with Crippen LogP contribution in [0, 0.1) is 13.8 Å². The van der Waals surface area contributed by atoms with Crippen LogP contribution in [0.2, 0.25) is 0 Å². The second-order valence-corrected chi connectivity index (χ2v) is 6.08. The number of hydrogen-bond donors (Lipinski definition) is 1. The lowest BCUT2D eigenvalue weighted by atomic mass is 10.2. The van der Waals surface area contributed by atoms with Gasteiger partial charge in [0.1, 0.15) is 6.23 Å². The highest BCUT2D eigenvalue weighted by Crippen LogP contribution is 2.30. The quantitative estimate of drug-likeness (QED) is 0.751. The molecule has 0 spiro atoms. The van der Waals surface area contributed by atoms with E-state index < -0.39 is 0 Å². The summed E-state index contributed by atoms with van der Waals surface area (Å²) in [5.41, 5.74) is 2.58. The molecule has 4 rings (SSSR count). The average molecular weight is 317 g/mol. The smallest absolute Gasteiger partial charge is 0.287 e. The molecule has 3 aromatic heterocycles. The predicted molar refractivity (Wildman–Crippen MR) is 83.4 cm³/mol. The van der Waals surface area contributed by atoms with Crippen molar-refractivity contribution in [3.63, 3.8) is 0 Å². The Morgan fingerprint density at radius 2 is 2.17 bits per heavy atom. The molecular weight excluding hydrogens is 298 g/mol. The van der Waals surface area contributed by atoms with Gasteiger partial charge in [0.2, 0.25) is 5.78 Å². The Labute approximate surface area is 132 Å². The fourth-order valence-electron chi connectivity index (χ4n) is 3.34. The van der Waals surface area contributed by atoms with Crippen molar-refractivity contribution in [2.24, 2.45) is 7.05 Å². The Bertz CT molecular complexity index is 967. The van der Waals surface area contributed by atoms with E-state index in [1.165, 1.54) is 0 Å². The number of aliphatic hydroxyl groups excluding tert-OH is 1. The van der Waals surface area contributed by atoms with Gasteiger partial charge < -0.3 is 9.84 Å². The fourth-order valence-corrected chi connectivity index (χ4v) is 3.34. The molecule has 2 atom stereocenters. The number of aliphatic hydroxyl groups is 1. The molecule has 1 N–H and O–H groups in total. The van der Waals surface area contributed by atoms with Crippen LogP contribution in [0.25, 0.3) is 16.9 Å². The molecule has 1 aliphatic heterocycles. The van der Waals surface area contributed by atoms with Gasteiger partial charge in [0.15, 0.2) is 11.2 Å². The third-order valence-electron chi connectivity index (χ3n) is 4.72. The van der Waals surface area contributed by atoms with Crippen molar-refractivity contribution in [2.45, 2.75) is 39.0 Å². The van der Waals surface area contributed by atoms with Crippen LogP contribution in [-0.2, 0) is 11.8 Å². The minimum atomic E-state index is -0.220. The fraction of sp³-hybridized carbons (Fsp3) is 0.533. The van der Waals surface area contributed by atoms with Crippen molar-refractivity contribution in [2.75, 3.05) is 6.61 Å². The molecule has 1 aliphatic rings. The van der Waals surface area contributed by atoms with Gasteiger partial charge in [-0.3, -0.25) is 13.9 Å². The molecule has 122 valence electrons. The Hall–Kier alpha value is -2.19. The lowest BCUT2D eigenvalue weighted by Gasteiger charge is -2.16. The zero-order chi connectivity index (χ0) is 16.3. The second kappa shape index (κ2) is 4.90. The van der Waals surface area contributed by atoms with Crippen LogP contribution in [0.5, 0.6) is 0 Å². The first kappa shape index (κ1) is 14.4. The maximum absolute atomic E-state index is 12.8. The lowest BCUT2D eigenvalue weighted by Crippen LogP contribution is -2.21. The number of fused-ring (bicyclic) bond motifs is 2. The topological polar surface area (TPSA) is 86.6 Å². The number of imidazole rings is 2. The zero-order valence-electron chi connectivity index (χ0n) is 13.4. The van der Waals surface area contributed by atoms with E-state index in [-0.39, 0.29) is 24.5 Å². The second-order valence-electron chi connectivity index (χ2n) is 6.08. The van der Waals surface area contributed by atoms with Gasteiger partial charge >= 0.3 is 0 Å². The van der Waals surface area contributed by atoms with Gasteiger partial charge in [-0.25, -0.2) is 14.4 Å². The van der Waals surface area contributed by atoms with Crippen LogP contribution in [0.4, 0.5) is 0 Å². The summed E-state index contributed by atoms with van der Waals surface area (Å²) in [5.74, 6) is 0.593. The van der Waals surface area contributed by atoms with Gasteiger partial charge in [-0.05, 0) is 26.7 Å².